The lowest BCUT2D eigenvalue weighted by Crippen LogP contribution is -2.37. The molecular formula is C7H10N4O3. The Bertz CT molecular complexity index is 322. The number of anilines is 1. The van der Waals surface area contributed by atoms with Crippen molar-refractivity contribution in [3.8, 4) is 0 Å². The summed E-state index contributed by atoms with van der Waals surface area (Å²) in [6, 6.07) is 0.822. The molecule has 0 unspecified atom stereocenters. The van der Waals surface area contributed by atoms with Gasteiger partial charge in [-0.15, -0.1) is 0 Å². The fourth-order valence-electron chi connectivity index (χ4n) is 0.956. The standard InChI is InChI=1S/C7H10N4O3/c8-7(14)11(4-2-6(12)13)5-1-3-9-10-5/h1,3H,2,4H2,(H2,8,14)(H,9,10)(H,12,13). The number of carbonyl (C=O) groups is 2. The number of carboxylic acid groups (broad SMARTS) is 1. The lowest BCUT2D eigenvalue weighted by atomic mass is 10.4. The van der Waals surface area contributed by atoms with Gasteiger partial charge in [0.25, 0.3) is 0 Å². The number of H-pyrrole nitrogens is 1. The number of carbonyl (C=O) groups excluding carboxylic acids is 1. The number of aromatic amines is 1. The fourth-order valence-corrected chi connectivity index (χ4v) is 0.956. The van der Waals surface area contributed by atoms with Crippen LogP contribution in [0.2, 0.25) is 0 Å². The first kappa shape index (κ1) is 10.0. The molecule has 0 spiro atoms. The first-order valence-electron chi connectivity index (χ1n) is 3.89. The number of aromatic nitrogens is 2. The van der Waals surface area contributed by atoms with Crippen LogP contribution in [0, 0.1) is 0 Å². The second kappa shape index (κ2) is 4.26. The molecule has 0 fully saturated rings. The Hall–Kier alpha value is -2.05. The molecular weight excluding hydrogens is 188 g/mol. The Labute approximate surface area is 79.5 Å². The second-order valence-electron chi connectivity index (χ2n) is 2.58. The number of carboxylic acids is 1. The van der Waals surface area contributed by atoms with E-state index in [2.05, 4.69) is 10.2 Å². The number of nitrogens with one attached hydrogen (secondary N) is 1. The van der Waals surface area contributed by atoms with E-state index in [1.807, 2.05) is 0 Å². The summed E-state index contributed by atoms with van der Waals surface area (Å²) in [7, 11) is 0. The Balaban J connectivity index is 2.66. The SMILES string of the molecule is NC(=O)N(CCC(=O)O)c1ccn[nH]1. The van der Waals surface area contributed by atoms with Crippen LogP contribution in [0.3, 0.4) is 0 Å². The molecule has 0 aromatic carbocycles. The molecule has 0 saturated heterocycles. The van der Waals surface area contributed by atoms with Gasteiger partial charge in [-0.25, -0.2) is 4.79 Å². The molecule has 1 aromatic heterocycles. The van der Waals surface area contributed by atoms with Gasteiger partial charge in [-0.2, -0.15) is 5.10 Å². The zero-order valence-electron chi connectivity index (χ0n) is 7.30. The average molecular weight is 198 g/mol. The highest BCUT2D eigenvalue weighted by atomic mass is 16.4. The molecule has 7 nitrogen and oxygen atoms in total. The Morgan fingerprint density at radius 3 is 2.79 bits per heavy atom. The van der Waals surface area contributed by atoms with E-state index in [4.69, 9.17) is 10.8 Å². The summed E-state index contributed by atoms with van der Waals surface area (Å²) in [4.78, 5) is 22.3. The Morgan fingerprint density at radius 1 is 1.64 bits per heavy atom. The topological polar surface area (TPSA) is 112 Å². The van der Waals surface area contributed by atoms with Crippen LogP contribution in [0.25, 0.3) is 0 Å². The van der Waals surface area contributed by atoms with Crippen molar-refractivity contribution < 1.29 is 14.7 Å². The summed E-state index contributed by atoms with van der Waals surface area (Å²) < 4.78 is 0. The summed E-state index contributed by atoms with van der Waals surface area (Å²) in [6.45, 7) is 0.0207. The number of rotatable bonds is 4. The van der Waals surface area contributed by atoms with Gasteiger partial charge in [0.15, 0.2) is 0 Å². The molecule has 0 radical (unpaired) electrons. The summed E-state index contributed by atoms with van der Waals surface area (Å²) >= 11 is 0. The molecule has 0 aliphatic rings. The smallest absolute Gasteiger partial charge is 0.320 e. The van der Waals surface area contributed by atoms with Crippen LogP contribution in [0.1, 0.15) is 6.42 Å². The van der Waals surface area contributed by atoms with E-state index in [9.17, 15) is 9.59 Å². The van der Waals surface area contributed by atoms with Gasteiger partial charge in [0.1, 0.15) is 5.82 Å². The lowest BCUT2D eigenvalue weighted by molar-refractivity contribution is -0.136. The van der Waals surface area contributed by atoms with Crippen molar-refractivity contribution in [3.63, 3.8) is 0 Å². The van der Waals surface area contributed by atoms with Crippen molar-refractivity contribution >= 4 is 17.8 Å². The molecule has 7 heteroatoms. The van der Waals surface area contributed by atoms with E-state index < -0.39 is 12.0 Å². The maximum atomic E-state index is 10.9. The molecule has 2 amide bonds. The van der Waals surface area contributed by atoms with E-state index in [1.54, 1.807) is 0 Å². The average Bonchev–Trinajstić information content (AvgIpc) is 2.56. The molecule has 0 saturated carbocycles. The summed E-state index contributed by atoms with van der Waals surface area (Å²) in [5, 5.41) is 14.6. The van der Waals surface area contributed by atoms with Crippen molar-refractivity contribution in [1.29, 1.82) is 0 Å². The van der Waals surface area contributed by atoms with Crippen LogP contribution >= 0.6 is 0 Å². The number of hydrogen-bond donors (Lipinski definition) is 3. The Kier molecular flexibility index (Phi) is 3.05. The minimum Gasteiger partial charge on any atom is -0.481 e. The molecule has 0 bridgehead atoms. The highest BCUT2D eigenvalue weighted by molar-refractivity contribution is 5.90. The predicted molar refractivity (Wildman–Crippen MR) is 47.8 cm³/mol. The third-order valence-electron chi connectivity index (χ3n) is 1.59. The van der Waals surface area contributed by atoms with Crippen molar-refractivity contribution in [1.82, 2.24) is 10.2 Å². The molecule has 0 atom stereocenters. The highest BCUT2D eigenvalue weighted by Crippen LogP contribution is 2.08. The van der Waals surface area contributed by atoms with Crippen LogP contribution in [0.15, 0.2) is 12.3 Å². The summed E-state index contributed by atoms with van der Waals surface area (Å²) in [5.74, 6) is -0.602. The Morgan fingerprint density at radius 2 is 2.36 bits per heavy atom. The van der Waals surface area contributed by atoms with Gasteiger partial charge in [0.2, 0.25) is 0 Å². The van der Waals surface area contributed by atoms with Gasteiger partial charge >= 0.3 is 12.0 Å². The zero-order chi connectivity index (χ0) is 10.6. The fraction of sp³-hybridized carbons (Fsp3) is 0.286. The number of amides is 2. The van der Waals surface area contributed by atoms with Crippen molar-refractivity contribution in [2.24, 2.45) is 5.73 Å². The maximum absolute atomic E-state index is 10.9. The molecule has 4 N–H and O–H groups in total. The number of aliphatic carboxylic acids is 1. The molecule has 1 heterocycles. The van der Waals surface area contributed by atoms with E-state index >= 15 is 0 Å². The third-order valence-corrected chi connectivity index (χ3v) is 1.59. The van der Waals surface area contributed by atoms with Crippen LogP contribution in [0.4, 0.5) is 10.6 Å². The summed E-state index contributed by atoms with van der Waals surface area (Å²) in [6.07, 6.45) is 1.29. The van der Waals surface area contributed by atoms with Gasteiger partial charge < -0.3 is 10.8 Å². The predicted octanol–water partition coefficient (Wildman–Crippen LogP) is -0.231. The van der Waals surface area contributed by atoms with Crippen molar-refractivity contribution in [2.45, 2.75) is 6.42 Å². The molecule has 1 aromatic rings. The first-order chi connectivity index (χ1) is 6.61. The highest BCUT2D eigenvalue weighted by Gasteiger charge is 2.14. The number of primary amides is 1. The van der Waals surface area contributed by atoms with Gasteiger partial charge in [0, 0.05) is 12.6 Å². The monoisotopic (exact) mass is 198 g/mol. The number of hydrogen-bond acceptors (Lipinski definition) is 3. The van der Waals surface area contributed by atoms with Gasteiger partial charge in [-0.1, -0.05) is 0 Å². The lowest BCUT2D eigenvalue weighted by Gasteiger charge is -2.16. The molecule has 76 valence electrons. The largest absolute Gasteiger partial charge is 0.481 e. The van der Waals surface area contributed by atoms with Crippen molar-refractivity contribution in [2.75, 3.05) is 11.4 Å². The second-order valence-corrected chi connectivity index (χ2v) is 2.58. The van der Waals surface area contributed by atoms with Gasteiger partial charge in [-0.05, 0) is 0 Å². The molecule has 0 aliphatic carbocycles. The molecule has 1 rings (SSSR count). The number of urea groups is 1. The maximum Gasteiger partial charge on any atom is 0.320 e. The quantitative estimate of drug-likeness (QED) is 0.620. The van der Waals surface area contributed by atoms with Gasteiger partial charge in [-0.3, -0.25) is 14.8 Å². The van der Waals surface area contributed by atoms with Crippen LogP contribution < -0.4 is 10.6 Å². The van der Waals surface area contributed by atoms with E-state index in [-0.39, 0.29) is 13.0 Å². The summed E-state index contributed by atoms with van der Waals surface area (Å²) in [5.41, 5.74) is 5.06. The number of nitrogens with two attached hydrogens (primary N) is 1. The molecule has 0 aliphatic heterocycles. The minimum atomic E-state index is -0.990. The zero-order valence-corrected chi connectivity index (χ0v) is 7.30. The van der Waals surface area contributed by atoms with Crippen molar-refractivity contribution in [3.05, 3.63) is 12.3 Å². The minimum absolute atomic E-state index is 0.0207. The van der Waals surface area contributed by atoms with E-state index in [1.165, 1.54) is 12.3 Å². The van der Waals surface area contributed by atoms with Crippen LogP contribution in [-0.2, 0) is 4.79 Å². The number of nitrogens with zero attached hydrogens (tertiary/aromatic N) is 2. The molecule has 14 heavy (non-hydrogen) atoms. The van der Waals surface area contributed by atoms with E-state index in [0.29, 0.717) is 5.82 Å². The van der Waals surface area contributed by atoms with Crippen LogP contribution in [0.5, 0.6) is 0 Å². The van der Waals surface area contributed by atoms with Crippen LogP contribution in [-0.4, -0.2) is 33.8 Å². The van der Waals surface area contributed by atoms with Gasteiger partial charge in [0.05, 0.1) is 12.6 Å². The third kappa shape index (κ3) is 2.47. The normalized spacial score (nSPS) is 9.71. The van der Waals surface area contributed by atoms with E-state index in [0.717, 1.165) is 4.90 Å². The first-order valence-corrected chi connectivity index (χ1v) is 3.89.